The number of aliphatic hydroxyl groups is 1. The fourth-order valence-corrected chi connectivity index (χ4v) is 1.55. The largest absolute Gasteiger partial charge is 0.393 e. The van der Waals surface area contributed by atoms with Crippen molar-refractivity contribution in [3.8, 4) is 0 Å². The second-order valence-electron chi connectivity index (χ2n) is 3.08. The van der Waals surface area contributed by atoms with E-state index < -0.39 is 0 Å². The van der Waals surface area contributed by atoms with Gasteiger partial charge in [0.15, 0.2) is 0 Å². The molecule has 1 saturated carbocycles. The van der Waals surface area contributed by atoms with Crippen LogP contribution in [-0.4, -0.2) is 11.2 Å². The molecule has 0 atom stereocenters. The van der Waals surface area contributed by atoms with Crippen molar-refractivity contribution in [1.29, 1.82) is 0 Å². The Kier molecular flexibility index (Phi) is 6.63. The van der Waals surface area contributed by atoms with Crippen LogP contribution in [0.15, 0.2) is 0 Å². The summed E-state index contributed by atoms with van der Waals surface area (Å²) >= 11 is 0. The van der Waals surface area contributed by atoms with E-state index in [0.29, 0.717) is 0 Å². The van der Waals surface area contributed by atoms with Crippen LogP contribution in [-0.2, 0) is 0 Å². The van der Waals surface area contributed by atoms with Gasteiger partial charge in [0.1, 0.15) is 0 Å². The highest BCUT2D eigenvalue weighted by molar-refractivity contribution is 4.69. The number of hydrogen-bond donors (Lipinski definition) is 1. The minimum absolute atomic E-state index is 0.0211. The minimum atomic E-state index is 0.0211. The van der Waals surface area contributed by atoms with Crippen molar-refractivity contribution in [2.45, 2.75) is 59.0 Å². The third-order valence-electron chi connectivity index (χ3n) is 2.39. The van der Waals surface area contributed by atoms with Crippen molar-refractivity contribution in [2.24, 2.45) is 5.92 Å². The van der Waals surface area contributed by atoms with Gasteiger partial charge in [0.25, 0.3) is 0 Å². The fraction of sp³-hybridized carbons (Fsp3) is 1.00. The van der Waals surface area contributed by atoms with Gasteiger partial charge >= 0.3 is 0 Å². The molecule has 0 radical (unpaired) electrons. The molecule has 0 aromatic heterocycles. The second-order valence-corrected chi connectivity index (χ2v) is 3.08. The molecule has 0 bridgehead atoms. The Morgan fingerprint density at radius 3 is 1.91 bits per heavy atom. The van der Waals surface area contributed by atoms with Crippen LogP contribution in [0.5, 0.6) is 0 Å². The lowest BCUT2D eigenvalue weighted by Crippen LogP contribution is -2.17. The molecule has 1 heteroatoms. The van der Waals surface area contributed by atoms with Gasteiger partial charge < -0.3 is 5.11 Å². The van der Waals surface area contributed by atoms with E-state index in [4.69, 9.17) is 5.11 Å². The molecule has 1 aliphatic carbocycles. The van der Waals surface area contributed by atoms with Crippen molar-refractivity contribution in [3.63, 3.8) is 0 Å². The molecule has 11 heavy (non-hydrogen) atoms. The van der Waals surface area contributed by atoms with Crippen molar-refractivity contribution >= 4 is 0 Å². The molecular weight excluding hydrogens is 136 g/mol. The van der Waals surface area contributed by atoms with Gasteiger partial charge in [-0.15, -0.1) is 0 Å². The Bertz CT molecular complexity index is 72.9. The molecule has 0 amide bonds. The van der Waals surface area contributed by atoms with Gasteiger partial charge in [0.2, 0.25) is 0 Å². The highest BCUT2D eigenvalue weighted by Crippen LogP contribution is 2.25. The highest BCUT2D eigenvalue weighted by atomic mass is 16.3. The third kappa shape index (κ3) is 4.41. The maximum Gasteiger partial charge on any atom is 0.0540 e. The average Bonchev–Trinajstić information content (AvgIpc) is 2.10. The first-order chi connectivity index (χ1) is 5.33. The highest BCUT2D eigenvalue weighted by Gasteiger charge is 2.16. The van der Waals surface area contributed by atoms with E-state index >= 15 is 0 Å². The van der Waals surface area contributed by atoms with Gasteiger partial charge in [-0.3, -0.25) is 0 Å². The molecule has 0 unspecified atom stereocenters. The normalized spacial score (nSPS) is 30.5. The maximum absolute atomic E-state index is 9.12. The molecule has 0 spiro atoms. The van der Waals surface area contributed by atoms with Crippen LogP contribution < -0.4 is 0 Å². The van der Waals surface area contributed by atoms with Crippen molar-refractivity contribution in [1.82, 2.24) is 0 Å². The van der Waals surface area contributed by atoms with Crippen molar-refractivity contribution < 1.29 is 5.11 Å². The summed E-state index contributed by atoms with van der Waals surface area (Å²) in [5.41, 5.74) is 0. The molecule has 0 aliphatic heterocycles. The zero-order valence-electron chi connectivity index (χ0n) is 8.14. The molecule has 1 rings (SSSR count). The molecular formula is C10H22O. The van der Waals surface area contributed by atoms with Crippen LogP contribution in [0.4, 0.5) is 0 Å². The monoisotopic (exact) mass is 158 g/mol. The fourth-order valence-electron chi connectivity index (χ4n) is 1.55. The van der Waals surface area contributed by atoms with Crippen LogP contribution in [0.25, 0.3) is 0 Å². The van der Waals surface area contributed by atoms with Gasteiger partial charge in [0, 0.05) is 0 Å². The Balaban J connectivity index is 0.000000461. The van der Waals surface area contributed by atoms with Crippen LogP contribution in [0, 0.1) is 5.92 Å². The summed E-state index contributed by atoms with van der Waals surface area (Å²) < 4.78 is 0. The third-order valence-corrected chi connectivity index (χ3v) is 2.39. The smallest absolute Gasteiger partial charge is 0.0540 e. The summed E-state index contributed by atoms with van der Waals surface area (Å²) in [5.74, 6) is 0.911. The molecule has 0 heterocycles. The standard InChI is InChI=1S/C8H16O.C2H6/c1-2-7-3-5-8(9)6-4-7;1-2/h7-9H,2-6H2,1H3;1-2H3. The summed E-state index contributed by atoms with van der Waals surface area (Å²) in [6.45, 7) is 6.24. The summed E-state index contributed by atoms with van der Waals surface area (Å²) in [4.78, 5) is 0. The minimum Gasteiger partial charge on any atom is -0.393 e. The number of aliphatic hydroxyl groups excluding tert-OH is 1. The van der Waals surface area contributed by atoms with E-state index in [0.717, 1.165) is 18.8 Å². The molecule has 0 aromatic rings. The van der Waals surface area contributed by atoms with E-state index in [1.54, 1.807) is 0 Å². The van der Waals surface area contributed by atoms with Crippen LogP contribution in [0.2, 0.25) is 0 Å². The Labute approximate surface area is 70.8 Å². The van der Waals surface area contributed by atoms with E-state index in [2.05, 4.69) is 6.92 Å². The van der Waals surface area contributed by atoms with Crippen LogP contribution in [0.1, 0.15) is 52.9 Å². The molecule has 1 N–H and O–H groups in total. The molecule has 1 nitrogen and oxygen atoms in total. The zero-order valence-corrected chi connectivity index (χ0v) is 8.14. The zero-order chi connectivity index (χ0) is 8.69. The average molecular weight is 158 g/mol. The van der Waals surface area contributed by atoms with Crippen molar-refractivity contribution in [3.05, 3.63) is 0 Å². The Hall–Kier alpha value is -0.0400. The predicted octanol–water partition coefficient (Wildman–Crippen LogP) is 2.97. The van der Waals surface area contributed by atoms with Gasteiger partial charge in [-0.2, -0.15) is 0 Å². The van der Waals surface area contributed by atoms with Crippen LogP contribution >= 0.6 is 0 Å². The first-order valence-electron chi connectivity index (χ1n) is 5.01. The van der Waals surface area contributed by atoms with E-state index in [-0.39, 0.29) is 6.10 Å². The molecule has 0 aromatic carbocycles. The molecule has 1 aliphatic rings. The maximum atomic E-state index is 9.12. The summed E-state index contributed by atoms with van der Waals surface area (Å²) in [6, 6.07) is 0. The summed E-state index contributed by atoms with van der Waals surface area (Å²) in [6.07, 6.45) is 5.90. The summed E-state index contributed by atoms with van der Waals surface area (Å²) in [5, 5.41) is 9.12. The van der Waals surface area contributed by atoms with Gasteiger partial charge in [-0.1, -0.05) is 27.2 Å². The SMILES string of the molecule is CC.CCC1CCC(O)CC1. The van der Waals surface area contributed by atoms with Gasteiger partial charge in [0.05, 0.1) is 6.10 Å². The van der Waals surface area contributed by atoms with Gasteiger partial charge in [-0.25, -0.2) is 0 Å². The first-order valence-corrected chi connectivity index (χ1v) is 5.01. The lowest BCUT2D eigenvalue weighted by molar-refractivity contribution is 0.108. The van der Waals surface area contributed by atoms with E-state index in [9.17, 15) is 0 Å². The predicted molar refractivity (Wildman–Crippen MR) is 49.6 cm³/mol. The quantitative estimate of drug-likeness (QED) is 0.622. The first kappa shape index (κ1) is 11.0. The summed E-state index contributed by atoms with van der Waals surface area (Å²) in [7, 11) is 0. The van der Waals surface area contributed by atoms with E-state index in [1.807, 2.05) is 13.8 Å². The van der Waals surface area contributed by atoms with E-state index in [1.165, 1.54) is 19.3 Å². The second kappa shape index (κ2) is 6.66. The van der Waals surface area contributed by atoms with Gasteiger partial charge in [-0.05, 0) is 31.6 Å². The van der Waals surface area contributed by atoms with Crippen molar-refractivity contribution in [2.75, 3.05) is 0 Å². The number of hydrogen-bond acceptors (Lipinski definition) is 1. The Morgan fingerprint density at radius 2 is 1.55 bits per heavy atom. The molecule has 0 saturated heterocycles. The lowest BCUT2D eigenvalue weighted by atomic mass is 9.86. The number of rotatable bonds is 1. The van der Waals surface area contributed by atoms with Crippen LogP contribution in [0.3, 0.4) is 0 Å². The molecule has 68 valence electrons. The topological polar surface area (TPSA) is 20.2 Å². The Morgan fingerprint density at radius 1 is 1.09 bits per heavy atom. The molecule has 1 fully saturated rings. The lowest BCUT2D eigenvalue weighted by Gasteiger charge is -2.23.